The van der Waals surface area contributed by atoms with Crippen LogP contribution < -0.4 is 15.8 Å². The number of aliphatic hydroxyl groups is 1. The lowest BCUT2D eigenvalue weighted by molar-refractivity contribution is 0.122. The molecule has 0 aliphatic carbocycles. The van der Waals surface area contributed by atoms with Crippen molar-refractivity contribution in [3.05, 3.63) is 34.6 Å². The van der Waals surface area contributed by atoms with E-state index in [9.17, 15) is 9.90 Å². The van der Waals surface area contributed by atoms with Crippen molar-refractivity contribution in [1.82, 2.24) is 15.0 Å². The highest BCUT2D eigenvalue weighted by Crippen LogP contribution is 2.32. The fourth-order valence-corrected chi connectivity index (χ4v) is 3.94. The van der Waals surface area contributed by atoms with Gasteiger partial charge < -0.3 is 20.1 Å². The van der Waals surface area contributed by atoms with Gasteiger partial charge in [0.2, 0.25) is 5.95 Å². The van der Waals surface area contributed by atoms with E-state index in [1.165, 1.54) is 11.3 Å². The van der Waals surface area contributed by atoms with Crippen molar-refractivity contribution >= 4 is 33.3 Å². The molecule has 1 fully saturated rings. The molecule has 3 aromatic rings. The van der Waals surface area contributed by atoms with Crippen molar-refractivity contribution in [2.75, 3.05) is 43.1 Å². The summed E-state index contributed by atoms with van der Waals surface area (Å²) in [4.78, 5) is 27.0. The zero-order valence-electron chi connectivity index (χ0n) is 14.9. The molecule has 1 unspecified atom stereocenters. The van der Waals surface area contributed by atoms with Gasteiger partial charge in [0.25, 0.3) is 5.56 Å². The number of morpholine rings is 1. The van der Waals surface area contributed by atoms with Gasteiger partial charge in [-0.25, -0.2) is 4.98 Å². The largest absolute Gasteiger partial charge is 0.392 e. The minimum atomic E-state index is -0.568. The lowest BCUT2D eigenvalue weighted by Crippen LogP contribution is -2.38. The maximum atomic E-state index is 12.9. The second kappa shape index (κ2) is 7.63. The van der Waals surface area contributed by atoms with Gasteiger partial charge in [-0.3, -0.25) is 9.78 Å². The number of nitrogens with one attached hydrogen (secondary N) is 2. The summed E-state index contributed by atoms with van der Waals surface area (Å²) in [5.74, 6) is 0.932. The van der Waals surface area contributed by atoms with Crippen molar-refractivity contribution in [1.29, 1.82) is 0 Å². The molecule has 0 saturated carbocycles. The summed E-state index contributed by atoms with van der Waals surface area (Å²) in [5.41, 5.74) is 0.989. The monoisotopic (exact) mass is 387 g/mol. The molecular weight excluding hydrogens is 366 g/mol. The van der Waals surface area contributed by atoms with Crippen LogP contribution in [-0.4, -0.2) is 59.0 Å². The van der Waals surface area contributed by atoms with Gasteiger partial charge in [-0.15, -0.1) is 11.3 Å². The molecule has 1 saturated heterocycles. The Kier molecular flexibility index (Phi) is 5.06. The van der Waals surface area contributed by atoms with Gasteiger partial charge in [0.15, 0.2) is 0 Å². The Morgan fingerprint density at radius 2 is 2.11 bits per heavy atom. The molecular formula is C18H21N5O3S. The van der Waals surface area contributed by atoms with Crippen LogP contribution in [0.5, 0.6) is 0 Å². The summed E-state index contributed by atoms with van der Waals surface area (Å²) < 4.78 is 6.37. The van der Waals surface area contributed by atoms with Crippen molar-refractivity contribution in [3.63, 3.8) is 0 Å². The lowest BCUT2D eigenvalue weighted by Gasteiger charge is -2.27. The molecule has 3 heterocycles. The van der Waals surface area contributed by atoms with Crippen molar-refractivity contribution in [2.24, 2.45) is 0 Å². The molecule has 0 bridgehead atoms. The van der Waals surface area contributed by atoms with Crippen LogP contribution in [0, 0.1) is 0 Å². The molecule has 0 amide bonds. The van der Waals surface area contributed by atoms with Crippen molar-refractivity contribution in [3.8, 4) is 10.6 Å². The molecule has 9 heteroatoms. The number of aliphatic hydroxyl groups excluding tert-OH is 1. The molecule has 8 nitrogen and oxygen atoms in total. The third kappa shape index (κ3) is 3.80. The number of rotatable bonds is 5. The first-order valence-corrected chi connectivity index (χ1v) is 9.68. The SMILES string of the molecule is CC(O)CNc1nc(N2CCOCC2)[nH]c(=O)c1-c1nc2ccccc2s1. The highest BCUT2D eigenvalue weighted by atomic mass is 32.1. The number of nitrogens with zero attached hydrogens (tertiary/aromatic N) is 3. The first kappa shape index (κ1) is 17.9. The van der Waals surface area contributed by atoms with E-state index < -0.39 is 6.10 Å². The summed E-state index contributed by atoms with van der Waals surface area (Å²) >= 11 is 1.45. The molecule has 4 rings (SSSR count). The lowest BCUT2D eigenvalue weighted by atomic mass is 10.3. The quantitative estimate of drug-likeness (QED) is 0.612. The average molecular weight is 387 g/mol. The van der Waals surface area contributed by atoms with Crippen molar-refractivity contribution < 1.29 is 9.84 Å². The highest BCUT2D eigenvalue weighted by molar-refractivity contribution is 7.21. The molecule has 0 radical (unpaired) electrons. The fraction of sp³-hybridized carbons (Fsp3) is 0.389. The van der Waals surface area contributed by atoms with Crippen LogP contribution in [0.2, 0.25) is 0 Å². The van der Waals surface area contributed by atoms with E-state index in [0.717, 1.165) is 10.2 Å². The van der Waals surface area contributed by atoms with Crippen molar-refractivity contribution in [2.45, 2.75) is 13.0 Å². The minimum Gasteiger partial charge on any atom is -0.392 e. The Balaban J connectivity index is 1.79. The van der Waals surface area contributed by atoms with E-state index in [1.54, 1.807) is 6.92 Å². The molecule has 2 aromatic heterocycles. The number of anilines is 2. The number of hydrogen-bond acceptors (Lipinski definition) is 8. The van der Waals surface area contributed by atoms with E-state index in [0.29, 0.717) is 48.6 Å². The fourth-order valence-electron chi connectivity index (χ4n) is 2.94. The first-order chi connectivity index (χ1) is 13.1. The number of ether oxygens (including phenoxy) is 1. The molecule has 1 aliphatic rings. The van der Waals surface area contributed by atoms with Gasteiger partial charge in [0, 0.05) is 19.6 Å². The van der Waals surface area contributed by atoms with Gasteiger partial charge in [0.05, 0.1) is 29.5 Å². The zero-order valence-corrected chi connectivity index (χ0v) is 15.8. The topological polar surface area (TPSA) is 103 Å². The van der Waals surface area contributed by atoms with Gasteiger partial charge >= 0.3 is 0 Å². The van der Waals surface area contributed by atoms with E-state index in [2.05, 4.69) is 20.3 Å². The molecule has 1 aromatic carbocycles. The van der Waals surface area contributed by atoms with E-state index in [4.69, 9.17) is 4.74 Å². The number of hydrogen-bond donors (Lipinski definition) is 3. The molecule has 142 valence electrons. The normalized spacial score (nSPS) is 15.9. The summed E-state index contributed by atoms with van der Waals surface area (Å²) in [6.07, 6.45) is -0.568. The number of aromatic nitrogens is 3. The standard InChI is InChI=1S/C18H21N5O3S/c1-11(24)10-19-15-14(17-20-12-4-2-3-5-13(12)27-17)16(25)22-18(21-15)23-6-8-26-9-7-23/h2-5,11,24H,6-10H2,1H3,(H2,19,21,22,25). The third-order valence-corrected chi connectivity index (χ3v) is 5.34. The molecule has 0 spiro atoms. The van der Waals surface area contributed by atoms with Crippen LogP contribution in [0.1, 0.15) is 6.92 Å². The zero-order chi connectivity index (χ0) is 18.8. The summed E-state index contributed by atoms with van der Waals surface area (Å²) in [6.45, 7) is 4.50. The number of aromatic amines is 1. The van der Waals surface area contributed by atoms with Crippen LogP contribution >= 0.6 is 11.3 Å². The second-order valence-corrected chi connectivity index (χ2v) is 7.46. The minimum absolute atomic E-state index is 0.251. The molecule has 1 atom stereocenters. The highest BCUT2D eigenvalue weighted by Gasteiger charge is 2.21. The van der Waals surface area contributed by atoms with Crippen LogP contribution in [0.25, 0.3) is 20.8 Å². The van der Waals surface area contributed by atoms with Gasteiger partial charge in [0.1, 0.15) is 16.4 Å². The Bertz CT molecular complexity index is 961. The van der Waals surface area contributed by atoms with E-state index in [-0.39, 0.29) is 12.1 Å². The van der Waals surface area contributed by atoms with Crippen LogP contribution in [-0.2, 0) is 4.74 Å². The maximum absolute atomic E-state index is 12.9. The maximum Gasteiger partial charge on any atom is 0.264 e. The predicted octanol–water partition coefficient (Wildman–Crippen LogP) is 1.68. The average Bonchev–Trinajstić information content (AvgIpc) is 3.10. The molecule has 27 heavy (non-hydrogen) atoms. The Morgan fingerprint density at radius 3 is 2.85 bits per heavy atom. The van der Waals surface area contributed by atoms with Crippen LogP contribution in [0.3, 0.4) is 0 Å². The number of H-pyrrole nitrogens is 1. The number of para-hydroxylation sites is 1. The predicted molar refractivity (Wildman–Crippen MR) is 107 cm³/mol. The first-order valence-electron chi connectivity index (χ1n) is 8.86. The van der Waals surface area contributed by atoms with Crippen LogP contribution in [0.4, 0.5) is 11.8 Å². The van der Waals surface area contributed by atoms with E-state index in [1.807, 2.05) is 29.2 Å². The number of benzene rings is 1. The van der Waals surface area contributed by atoms with Crippen LogP contribution in [0.15, 0.2) is 29.1 Å². The Morgan fingerprint density at radius 1 is 1.33 bits per heavy atom. The summed E-state index contributed by atoms with van der Waals surface area (Å²) in [5, 5.41) is 13.4. The van der Waals surface area contributed by atoms with Gasteiger partial charge in [-0.05, 0) is 19.1 Å². The second-order valence-electron chi connectivity index (χ2n) is 6.43. The number of thiazole rings is 1. The molecule has 1 aliphatic heterocycles. The smallest absolute Gasteiger partial charge is 0.264 e. The summed E-state index contributed by atoms with van der Waals surface area (Å²) in [7, 11) is 0. The summed E-state index contributed by atoms with van der Waals surface area (Å²) in [6, 6.07) is 7.76. The Labute approximate surface area is 159 Å². The third-order valence-electron chi connectivity index (χ3n) is 4.29. The van der Waals surface area contributed by atoms with E-state index >= 15 is 0 Å². The van der Waals surface area contributed by atoms with Gasteiger partial charge in [-0.2, -0.15) is 4.98 Å². The molecule has 3 N–H and O–H groups in total. The number of fused-ring (bicyclic) bond motifs is 1. The van der Waals surface area contributed by atoms with Gasteiger partial charge in [-0.1, -0.05) is 12.1 Å². The Hall–Kier alpha value is -2.49.